The average molecular weight is 311 g/mol. The lowest BCUT2D eigenvalue weighted by Crippen LogP contribution is -2.62. The quantitative estimate of drug-likeness (QED) is 0.632. The number of anilines is 1. The van der Waals surface area contributed by atoms with Crippen LogP contribution in [0.5, 0.6) is 0 Å². The standard InChI is InChI=1S/C12H13N3O5S/c1-21(19,20)11-6-9(15(17)18)2-3-10(11)14-7-12(16,8-14)4-5-13/h2-3,6,16H,4,7-8H2,1H3. The number of sulfone groups is 1. The van der Waals surface area contributed by atoms with Crippen molar-refractivity contribution in [2.45, 2.75) is 16.9 Å². The van der Waals surface area contributed by atoms with E-state index in [1.807, 2.05) is 6.07 Å². The molecule has 1 fully saturated rings. The first-order valence-electron chi connectivity index (χ1n) is 5.99. The smallest absolute Gasteiger partial charge is 0.270 e. The third-order valence-electron chi connectivity index (χ3n) is 3.27. The third-order valence-corrected chi connectivity index (χ3v) is 4.40. The number of β-amino-alcohol motifs (C(OH)–C–C–N with tert-alkyl or cyclic N) is 1. The number of nitriles is 1. The zero-order valence-corrected chi connectivity index (χ0v) is 12.0. The molecule has 0 spiro atoms. The molecule has 21 heavy (non-hydrogen) atoms. The number of nitro groups is 1. The minimum atomic E-state index is -3.65. The van der Waals surface area contributed by atoms with E-state index in [1.165, 1.54) is 12.1 Å². The second kappa shape index (κ2) is 4.98. The summed E-state index contributed by atoms with van der Waals surface area (Å²) in [6.45, 7) is 0.224. The molecule has 1 saturated heterocycles. The second-order valence-corrected chi connectivity index (χ2v) is 7.08. The van der Waals surface area contributed by atoms with E-state index in [4.69, 9.17) is 5.26 Å². The molecule has 1 aliphatic rings. The van der Waals surface area contributed by atoms with Gasteiger partial charge in [0, 0.05) is 31.5 Å². The molecule has 1 N–H and O–H groups in total. The molecule has 0 bridgehead atoms. The first-order valence-corrected chi connectivity index (χ1v) is 7.88. The van der Waals surface area contributed by atoms with Crippen LogP contribution in [0.1, 0.15) is 6.42 Å². The van der Waals surface area contributed by atoms with E-state index in [0.717, 1.165) is 12.3 Å². The predicted octanol–water partition coefficient (Wildman–Crippen LogP) is 0.463. The summed E-state index contributed by atoms with van der Waals surface area (Å²) < 4.78 is 23.6. The minimum Gasteiger partial charge on any atom is -0.385 e. The number of aliphatic hydroxyl groups is 1. The van der Waals surface area contributed by atoms with Gasteiger partial charge in [0.1, 0.15) is 5.60 Å². The Morgan fingerprint density at radius 3 is 2.62 bits per heavy atom. The first kappa shape index (κ1) is 15.2. The summed E-state index contributed by atoms with van der Waals surface area (Å²) in [4.78, 5) is 11.5. The van der Waals surface area contributed by atoms with Crippen LogP contribution in [0.25, 0.3) is 0 Å². The molecule has 9 heteroatoms. The van der Waals surface area contributed by atoms with Gasteiger partial charge in [0.15, 0.2) is 9.84 Å². The van der Waals surface area contributed by atoms with Gasteiger partial charge in [0.25, 0.3) is 5.69 Å². The van der Waals surface area contributed by atoms with Crippen molar-refractivity contribution in [2.75, 3.05) is 24.2 Å². The van der Waals surface area contributed by atoms with Crippen LogP contribution in [-0.4, -0.2) is 43.4 Å². The second-order valence-electron chi connectivity index (χ2n) is 5.10. The van der Waals surface area contributed by atoms with Crippen molar-refractivity contribution in [3.05, 3.63) is 28.3 Å². The molecule has 2 rings (SSSR count). The van der Waals surface area contributed by atoms with Gasteiger partial charge < -0.3 is 10.0 Å². The van der Waals surface area contributed by atoms with Crippen LogP contribution in [0.3, 0.4) is 0 Å². The Balaban J connectivity index is 2.38. The number of benzene rings is 1. The molecule has 1 heterocycles. The van der Waals surface area contributed by atoms with Crippen LogP contribution in [0.2, 0.25) is 0 Å². The Labute approximate surface area is 121 Å². The molecule has 1 aromatic rings. The summed E-state index contributed by atoms with van der Waals surface area (Å²) in [5.74, 6) is 0. The summed E-state index contributed by atoms with van der Waals surface area (Å²) in [5, 5.41) is 29.3. The van der Waals surface area contributed by atoms with Crippen molar-refractivity contribution >= 4 is 21.2 Å². The summed E-state index contributed by atoms with van der Waals surface area (Å²) >= 11 is 0. The van der Waals surface area contributed by atoms with Gasteiger partial charge in [-0.05, 0) is 6.07 Å². The topological polar surface area (TPSA) is 125 Å². The van der Waals surface area contributed by atoms with Crippen LogP contribution >= 0.6 is 0 Å². The molecule has 1 aliphatic heterocycles. The van der Waals surface area contributed by atoms with Gasteiger partial charge in [0.05, 0.1) is 28.0 Å². The number of hydrogen-bond donors (Lipinski definition) is 1. The Bertz CT molecular complexity index is 732. The van der Waals surface area contributed by atoms with Crippen molar-refractivity contribution in [3.63, 3.8) is 0 Å². The summed E-state index contributed by atoms with van der Waals surface area (Å²) in [7, 11) is -3.65. The van der Waals surface area contributed by atoms with Crippen molar-refractivity contribution < 1.29 is 18.4 Å². The van der Waals surface area contributed by atoms with Gasteiger partial charge in [-0.15, -0.1) is 0 Å². The van der Waals surface area contributed by atoms with Gasteiger partial charge in [-0.1, -0.05) is 0 Å². The lowest BCUT2D eigenvalue weighted by Gasteiger charge is -2.47. The van der Waals surface area contributed by atoms with Crippen molar-refractivity contribution in [1.82, 2.24) is 0 Å². The highest BCUT2D eigenvalue weighted by Crippen LogP contribution is 2.36. The van der Waals surface area contributed by atoms with E-state index in [2.05, 4.69) is 0 Å². The molecule has 0 unspecified atom stereocenters. The van der Waals surface area contributed by atoms with Gasteiger partial charge in [0.2, 0.25) is 0 Å². The highest BCUT2D eigenvalue weighted by atomic mass is 32.2. The number of nitro benzene ring substituents is 1. The number of rotatable bonds is 4. The minimum absolute atomic E-state index is 0.0509. The van der Waals surface area contributed by atoms with Gasteiger partial charge in [-0.25, -0.2) is 8.42 Å². The number of hydrogen-bond acceptors (Lipinski definition) is 7. The van der Waals surface area contributed by atoms with E-state index in [0.29, 0.717) is 5.69 Å². The van der Waals surface area contributed by atoms with Gasteiger partial charge in [-0.2, -0.15) is 5.26 Å². The maximum atomic E-state index is 11.8. The molecule has 0 radical (unpaired) electrons. The van der Waals surface area contributed by atoms with Crippen LogP contribution in [-0.2, 0) is 9.84 Å². The van der Waals surface area contributed by atoms with Crippen LogP contribution in [0.4, 0.5) is 11.4 Å². The van der Waals surface area contributed by atoms with Gasteiger partial charge >= 0.3 is 0 Å². The largest absolute Gasteiger partial charge is 0.385 e. The lowest BCUT2D eigenvalue weighted by molar-refractivity contribution is -0.385. The third kappa shape index (κ3) is 2.96. The summed E-state index contributed by atoms with van der Waals surface area (Å²) in [6.07, 6.45) is 0.918. The maximum Gasteiger partial charge on any atom is 0.270 e. The van der Waals surface area contributed by atoms with Crippen molar-refractivity contribution in [2.24, 2.45) is 0 Å². The van der Waals surface area contributed by atoms with E-state index in [1.54, 1.807) is 4.90 Å². The van der Waals surface area contributed by atoms with Crippen LogP contribution in [0.15, 0.2) is 23.1 Å². The molecule has 0 saturated carbocycles. The highest BCUT2D eigenvalue weighted by Gasteiger charge is 2.42. The SMILES string of the molecule is CS(=O)(=O)c1cc([N+](=O)[O-])ccc1N1CC(O)(CC#N)C1. The molecule has 8 nitrogen and oxygen atoms in total. The Morgan fingerprint density at radius 1 is 1.52 bits per heavy atom. The van der Waals surface area contributed by atoms with E-state index < -0.39 is 20.4 Å². The fourth-order valence-electron chi connectivity index (χ4n) is 2.27. The lowest BCUT2D eigenvalue weighted by atomic mass is 9.90. The zero-order chi connectivity index (χ0) is 15.8. The molecule has 0 atom stereocenters. The Hall–Kier alpha value is -2.18. The van der Waals surface area contributed by atoms with Crippen LogP contribution in [0, 0.1) is 21.4 Å². The first-order chi connectivity index (χ1) is 9.66. The molecular weight excluding hydrogens is 298 g/mol. The molecule has 112 valence electrons. The van der Waals surface area contributed by atoms with E-state index in [9.17, 15) is 23.6 Å². The van der Waals surface area contributed by atoms with Crippen molar-refractivity contribution in [1.29, 1.82) is 5.26 Å². The fraction of sp³-hybridized carbons (Fsp3) is 0.417. The summed E-state index contributed by atoms with van der Waals surface area (Å²) in [6, 6.07) is 5.43. The fourth-order valence-corrected chi connectivity index (χ4v) is 3.18. The van der Waals surface area contributed by atoms with Gasteiger partial charge in [-0.3, -0.25) is 10.1 Å². The summed E-state index contributed by atoms with van der Waals surface area (Å²) in [5.41, 5.74) is -1.18. The Kier molecular flexibility index (Phi) is 3.61. The average Bonchev–Trinajstić information content (AvgIpc) is 2.34. The molecule has 1 aromatic carbocycles. The number of non-ortho nitro benzene ring substituents is 1. The number of nitrogens with zero attached hydrogens (tertiary/aromatic N) is 3. The van der Waals surface area contributed by atoms with E-state index >= 15 is 0 Å². The van der Waals surface area contributed by atoms with Crippen LogP contribution < -0.4 is 4.90 Å². The monoisotopic (exact) mass is 311 g/mol. The molecule has 0 amide bonds. The normalized spacial score (nSPS) is 16.9. The Morgan fingerprint density at radius 2 is 2.14 bits per heavy atom. The molecular formula is C12H13N3O5S. The maximum absolute atomic E-state index is 11.8. The van der Waals surface area contributed by atoms with Crippen molar-refractivity contribution in [3.8, 4) is 6.07 Å². The predicted molar refractivity (Wildman–Crippen MR) is 73.6 cm³/mol. The zero-order valence-electron chi connectivity index (χ0n) is 11.2. The highest BCUT2D eigenvalue weighted by molar-refractivity contribution is 7.90. The molecule has 0 aliphatic carbocycles. The molecule has 0 aromatic heterocycles. The van der Waals surface area contributed by atoms with E-state index in [-0.39, 0.29) is 30.1 Å².